The fraction of sp³-hybridized carbons (Fsp3) is 0.235. The maximum absolute atomic E-state index is 14.1. The summed E-state index contributed by atoms with van der Waals surface area (Å²) in [5, 5.41) is 4.03. The van der Waals surface area contributed by atoms with E-state index in [1.54, 1.807) is 31.5 Å². The summed E-state index contributed by atoms with van der Waals surface area (Å²) < 4.78 is 19.7. The molecule has 118 valence electrons. The molecule has 1 unspecified atom stereocenters. The number of nitrogens with zero attached hydrogens (tertiary/aromatic N) is 3. The zero-order valence-corrected chi connectivity index (χ0v) is 13.0. The molecule has 2 aromatic heterocycles. The number of pyridine rings is 1. The number of fused-ring (bicyclic) bond motifs is 1. The van der Waals surface area contributed by atoms with Crippen LogP contribution in [0.15, 0.2) is 48.9 Å². The number of ether oxygens (including phenoxy) is 1. The molecule has 5 nitrogen and oxygen atoms in total. The SMILES string of the molecule is COC(C)(CNc1ncnc2ncccc12)c1ccccc1F. The predicted molar refractivity (Wildman–Crippen MR) is 86.6 cm³/mol. The second-order valence-corrected chi connectivity index (χ2v) is 5.37. The molecule has 2 heterocycles. The van der Waals surface area contributed by atoms with Crippen LogP contribution in [0.1, 0.15) is 12.5 Å². The van der Waals surface area contributed by atoms with Crippen LogP contribution >= 0.6 is 0 Å². The number of benzene rings is 1. The Balaban J connectivity index is 1.89. The molecule has 6 heteroatoms. The third-order valence-corrected chi connectivity index (χ3v) is 3.90. The van der Waals surface area contributed by atoms with Gasteiger partial charge in [-0.15, -0.1) is 0 Å². The minimum Gasteiger partial charge on any atom is -0.372 e. The standard InChI is InChI=1S/C17H17FN4O/c1-17(23-2,13-7-3-4-8-14(13)18)10-20-16-12-6-5-9-19-15(12)21-11-22-16/h3-9,11H,10H2,1-2H3,(H,19,20,21,22). The van der Waals surface area contributed by atoms with Crippen molar-refractivity contribution >= 4 is 16.9 Å². The molecule has 0 radical (unpaired) electrons. The average Bonchev–Trinajstić information content (AvgIpc) is 2.60. The number of anilines is 1. The van der Waals surface area contributed by atoms with Crippen molar-refractivity contribution in [2.24, 2.45) is 0 Å². The van der Waals surface area contributed by atoms with E-state index in [4.69, 9.17) is 4.74 Å². The topological polar surface area (TPSA) is 59.9 Å². The Morgan fingerprint density at radius 1 is 1.13 bits per heavy atom. The molecule has 23 heavy (non-hydrogen) atoms. The van der Waals surface area contributed by atoms with Crippen molar-refractivity contribution in [1.82, 2.24) is 15.0 Å². The smallest absolute Gasteiger partial charge is 0.164 e. The van der Waals surface area contributed by atoms with E-state index in [0.717, 1.165) is 5.39 Å². The van der Waals surface area contributed by atoms with Gasteiger partial charge < -0.3 is 10.1 Å². The van der Waals surface area contributed by atoms with E-state index in [1.165, 1.54) is 12.4 Å². The quantitative estimate of drug-likeness (QED) is 0.784. The van der Waals surface area contributed by atoms with Crippen LogP contribution in [-0.4, -0.2) is 28.6 Å². The highest BCUT2D eigenvalue weighted by Gasteiger charge is 2.29. The summed E-state index contributed by atoms with van der Waals surface area (Å²) in [6, 6.07) is 10.3. The first-order chi connectivity index (χ1) is 11.1. The molecule has 0 saturated carbocycles. The van der Waals surface area contributed by atoms with Crippen molar-refractivity contribution in [3.8, 4) is 0 Å². The molecule has 0 aliphatic heterocycles. The third-order valence-electron chi connectivity index (χ3n) is 3.90. The van der Waals surface area contributed by atoms with E-state index < -0.39 is 5.60 Å². The van der Waals surface area contributed by atoms with E-state index in [1.807, 2.05) is 19.1 Å². The summed E-state index contributed by atoms with van der Waals surface area (Å²) in [5.41, 5.74) is 0.270. The van der Waals surface area contributed by atoms with Crippen LogP contribution in [0.5, 0.6) is 0 Å². The number of hydrogen-bond acceptors (Lipinski definition) is 5. The fourth-order valence-corrected chi connectivity index (χ4v) is 2.46. The fourth-order valence-electron chi connectivity index (χ4n) is 2.46. The van der Waals surface area contributed by atoms with Crippen molar-refractivity contribution in [2.75, 3.05) is 19.0 Å². The van der Waals surface area contributed by atoms with Crippen LogP contribution in [0.25, 0.3) is 11.0 Å². The molecular formula is C17H17FN4O. The zero-order chi connectivity index (χ0) is 16.3. The molecule has 0 aliphatic carbocycles. The van der Waals surface area contributed by atoms with Crippen LogP contribution in [-0.2, 0) is 10.3 Å². The van der Waals surface area contributed by atoms with Crippen molar-refractivity contribution < 1.29 is 9.13 Å². The van der Waals surface area contributed by atoms with Gasteiger partial charge in [0.2, 0.25) is 0 Å². The summed E-state index contributed by atoms with van der Waals surface area (Å²) in [6.07, 6.45) is 3.13. The lowest BCUT2D eigenvalue weighted by atomic mass is 9.95. The molecule has 0 saturated heterocycles. The summed E-state index contributed by atoms with van der Waals surface area (Å²) in [6.45, 7) is 2.19. The van der Waals surface area contributed by atoms with Crippen molar-refractivity contribution in [1.29, 1.82) is 0 Å². The largest absolute Gasteiger partial charge is 0.372 e. The predicted octanol–water partition coefficient (Wildman–Crippen LogP) is 3.14. The summed E-state index contributed by atoms with van der Waals surface area (Å²) in [7, 11) is 1.56. The minimum atomic E-state index is -0.829. The van der Waals surface area contributed by atoms with Crippen molar-refractivity contribution in [3.05, 3.63) is 60.3 Å². The van der Waals surface area contributed by atoms with Gasteiger partial charge in [0, 0.05) is 25.4 Å². The second-order valence-electron chi connectivity index (χ2n) is 5.37. The van der Waals surface area contributed by atoms with Crippen molar-refractivity contribution in [3.63, 3.8) is 0 Å². The molecule has 1 atom stereocenters. The maximum Gasteiger partial charge on any atom is 0.164 e. The highest BCUT2D eigenvalue weighted by molar-refractivity contribution is 5.85. The Morgan fingerprint density at radius 2 is 1.96 bits per heavy atom. The zero-order valence-electron chi connectivity index (χ0n) is 13.0. The first-order valence-electron chi connectivity index (χ1n) is 7.24. The number of methoxy groups -OCH3 is 1. The van der Waals surface area contributed by atoms with E-state index in [0.29, 0.717) is 23.6 Å². The molecule has 1 N–H and O–H groups in total. The van der Waals surface area contributed by atoms with E-state index in [9.17, 15) is 4.39 Å². The molecule has 3 rings (SSSR count). The number of halogens is 1. The van der Waals surface area contributed by atoms with Crippen LogP contribution in [0.3, 0.4) is 0 Å². The summed E-state index contributed by atoms with van der Waals surface area (Å²) in [5.74, 6) is 0.343. The Hall–Kier alpha value is -2.60. The minimum absolute atomic E-state index is 0.298. The molecule has 0 fully saturated rings. The molecule has 1 aromatic carbocycles. The second kappa shape index (κ2) is 6.26. The normalized spacial score (nSPS) is 13.7. The first-order valence-corrected chi connectivity index (χ1v) is 7.24. The van der Waals surface area contributed by atoms with Gasteiger partial charge in [-0.2, -0.15) is 0 Å². The maximum atomic E-state index is 14.1. The lowest BCUT2D eigenvalue weighted by Crippen LogP contribution is -2.34. The van der Waals surface area contributed by atoms with Crippen LogP contribution in [0.2, 0.25) is 0 Å². The number of nitrogens with one attached hydrogen (secondary N) is 1. The number of aromatic nitrogens is 3. The molecule has 0 aliphatic rings. The molecule has 0 amide bonds. The van der Waals surface area contributed by atoms with Gasteiger partial charge in [0.05, 0.1) is 5.39 Å². The van der Waals surface area contributed by atoms with Gasteiger partial charge in [-0.25, -0.2) is 19.3 Å². The Morgan fingerprint density at radius 3 is 2.74 bits per heavy atom. The molecule has 3 aromatic rings. The Bertz CT molecular complexity index is 821. The number of rotatable bonds is 5. The van der Waals surface area contributed by atoms with Crippen LogP contribution < -0.4 is 5.32 Å². The lowest BCUT2D eigenvalue weighted by molar-refractivity contribution is 0.0108. The van der Waals surface area contributed by atoms with Gasteiger partial charge in [-0.05, 0) is 25.1 Å². The third kappa shape index (κ3) is 2.98. The van der Waals surface area contributed by atoms with Gasteiger partial charge in [0.15, 0.2) is 5.65 Å². The van der Waals surface area contributed by atoms with Gasteiger partial charge in [0.25, 0.3) is 0 Å². The van der Waals surface area contributed by atoms with Gasteiger partial charge >= 0.3 is 0 Å². The average molecular weight is 312 g/mol. The first kappa shape index (κ1) is 15.3. The highest BCUT2D eigenvalue weighted by atomic mass is 19.1. The van der Waals surface area contributed by atoms with Crippen molar-refractivity contribution in [2.45, 2.75) is 12.5 Å². The molecule has 0 spiro atoms. The summed E-state index contributed by atoms with van der Waals surface area (Å²) in [4.78, 5) is 12.6. The highest BCUT2D eigenvalue weighted by Crippen LogP contribution is 2.28. The van der Waals surface area contributed by atoms with Crippen LogP contribution in [0, 0.1) is 5.82 Å². The van der Waals surface area contributed by atoms with Gasteiger partial charge in [0.1, 0.15) is 23.6 Å². The Kier molecular flexibility index (Phi) is 4.16. The van der Waals surface area contributed by atoms with E-state index in [-0.39, 0.29) is 5.82 Å². The van der Waals surface area contributed by atoms with Gasteiger partial charge in [-0.3, -0.25) is 0 Å². The van der Waals surface area contributed by atoms with E-state index >= 15 is 0 Å². The molecular weight excluding hydrogens is 295 g/mol. The van der Waals surface area contributed by atoms with E-state index in [2.05, 4.69) is 20.3 Å². The molecule has 0 bridgehead atoms. The lowest BCUT2D eigenvalue weighted by Gasteiger charge is -2.29. The summed E-state index contributed by atoms with van der Waals surface area (Å²) >= 11 is 0. The Labute approximate surface area is 133 Å². The monoisotopic (exact) mass is 312 g/mol. The van der Waals surface area contributed by atoms with Gasteiger partial charge in [-0.1, -0.05) is 18.2 Å². The van der Waals surface area contributed by atoms with Crippen LogP contribution in [0.4, 0.5) is 10.2 Å². The number of hydrogen-bond donors (Lipinski definition) is 1.